The van der Waals surface area contributed by atoms with Crippen LogP contribution in [0.25, 0.3) is 0 Å². The number of fused-ring (bicyclic) bond motifs is 1. The van der Waals surface area contributed by atoms with Crippen LogP contribution in [0.5, 0.6) is 5.75 Å². The second-order valence-electron chi connectivity index (χ2n) is 5.26. The van der Waals surface area contributed by atoms with Gasteiger partial charge in [-0.25, -0.2) is 0 Å². The number of rotatable bonds is 3. The first-order valence-corrected chi connectivity index (χ1v) is 7.07. The molecule has 122 valence electrons. The van der Waals surface area contributed by atoms with Gasteiger partial charge in [-0.05, 0) is 31.2 Å². The Morgan fingerprint density at radius 3 is 2.83 bits per heavy atom. The van der Waals surface area contributed by atoms with E-state index in [1.165, 1.54) is 12.1 Å². The Balaban J connectivity index is 1.83. The Morgan fingerprint density at radius 2 is 2.08 bits per heavy atom. The fraction of sp³-hybridized carbons (Fsp3) is 0.125. The van der Waals surface area contributed by atoms with Crippen molar-refractivity contribution in [1.29, 1.82) is 0 Å². The monoisotopic (exact) mass is 327 g/mol. The van der Waals surface area contributed by atoms with Crippen molar-refractivity contribution in [3.63, 3.8) is 0 Å². The number of nitrogens with zero attached hydrogens (tertiary/aromatic N) is 1. The molecule has 1 aliphatic heterocycles. The molecule has 1 heterocycles. The van der Waals surface area contributed by atoms with Crippen molar-refractivity contribution in [2.24, 2.45) is 0 Å². The summed E-state index contributed by atoms with van der Waals surface area (Å²) in [5, 5.41) is 16.2. The van der Waals surface area contributed by atoms with Crippen molar-refractivity contribution in [3.8, 4) is 5.75 Å². The van der Waals surface area contributed by atoms with Crippen LogP contribution in [-0.2, 0) is 4.79 Å². The second-order valence-corrected chi connectivity index (χ2v) is 5.26. The van der Waals surface area contributed by atoms with Gasteiger partial charge in [0.15, 0.2) is 6.61 Å². The SMILES string of the molecule is Cc1ccc(NC(=O)c2ccc3c(c2)NC(=O)CO3)cc1[N+](=O)[O-]. The van der Waals surface area contributed by atoms with Gasteiger partial charge in [-0.2, -0.15) is 0 Å². The number of amides is 2. The molecular formula is C16H13N3O5. The van der Waals surface area contributed by atoms with Crippen LogP contribution in [0, 0.1) is 17.0 Å². The number of nitrogens with one attached hydrogen (secondary N) is 2. The maximum atomic E-state index is 12.3. The molecule has 0 radical (unpaired) electrons. The molecule has 2 N–H and O–H groups in total. The van der Waals surface area contributed by atoms with Crippen LogP contribution in [0.2, 0.25) is 0 Å². The molecule has 3 rings (SSSR count). The van der Waals surface area contributed by atoms with Crippen molar-refractivity contribution in [2.45, 2.75) is 6.92 Å². The van der Waals surface area contributed by atoms with E-state index >= 15 is 0 Å². The predicted octanol–water partition coefficient (Wildman–Crippen LogP) is 2.49. The molecule has 24 heavy (non-hydrogen) atoms. The molecule has 8 heteroatoms. The second kappa shape index (κ2) is 5.99. The van der Waals surface area contributed by atoms with Crippen molar-refractivity contribution in [3.05, 3.63) is 57.6 Å². The third kappa shape index (κ3) is 3.02. The largest absolute Gasteiger partial charge is 0.482 e. The molecule has 0 aliphatic carbocycles. The number of hydrogen-bond acceptors (Lipinski definition) is 5. The fourth-order valence-electron chi connectivity index (χ4n) is 2.31. The van der Waals surface area contributed by atoms with Crippen LogP contribution in [-0.4, -0.2) is 23.3 Å². The zero-order valence-electron chi connectivity index (χ0n) is 12.7. The average Bonchev–Trinajstić information content (AvgIpc) is 2.55. The number of nitro benzene ring substituents is 1. The summed E-state index contributed by atoms with van der Waals surface area (Å²) in [5.74, 6) is -0.262. The minimum atomic E-state index is -0.503. The van der Waals surface area contributed by atoms with Crippen molar-refractivity contribution < 1.29 is 19.2 Å². The van der Waals surface area contributed by atoms with E-state index in [-0.39, 0.29) is 18.2 Å². The first kappa shape index (κ1) is 15.5. The summed E-state index contributed by atoms with van der Waals surface area (Å²) in [6.07, 6.45) is 0. The highest BCUT2D eigenvalue weighted by atomic mass is 16.6. The average molecular weight is 327 g/mol. The molecule has 0 unspecified atom stereocenters. The number of nitro groups is 1. The van der Waals surface area contributed by atoms with Gasteiger partial charge in [-0.1, -0.05) is 6.07 Å². The van der Waals surface area contributed by atoms with E-state index in [0.29, 0.717) is 28.3 Å². The van der Waals surface area contributed by atoms with Crippen molar-refractivity contribution >= 4 is 28.9 Å². The minimum Gasteiger partial charge on any atom is -0.482 e. The summed E-state index contributed by atoms with van der Waals surface area (Å²) in [6.45, 7) is 1.56. The molecule has 0 atom stereocenters. The first-order chi connectivity index (χ1) is 11.4. The molecule has 0 bridgehead atoms. The molecule has 2 amide bonds. The Labute approximate surface area is 136 Å². The number of aryl methyl sites for hydroxylation is 1. The molecule has 0 fully saturated rings. The number of carbonyl (C=O) groups is 2. The fourth-order valence-corrected chi connectivity index (χ4v) is 2.31. The normalized spacial score (nSPS) is 12.6. The lowest BCUT2D eigenvalue weighted by Crippen LogP contribution is -2.25. The molecule has 0 aromatic heterocycles. The van der Waals surface area contributed by atoms with Gasteiger partial charge in [0.05, 0.1) is 10.6 Å². The molecular weight excluding hydrogens is 314 g/mol. The molecule has 2 aromatic carbocycles. The third-order valence-corrected chi connectivity index (χ3v) is 3.54. The number of carbonyl (C=O) groups excluding carboxylic acids is 2. The van der Waals surface area contributed by atoms with Crippen LogP contribution in [0.3, 0.4) is 0 Å². The van der Waals surface area contributed by atoms with Crippen LogP contribution in [0.15, 0.2) is 36.4 Å². The first-order valence-electron chi connectivity index (χ1n) is 7.07. The van der Waals surface area contributed by atoms with Crippen molar-refractivity contribution in [1.82, 2.24) is 0 Å². The third-order valence-electron chi connectivity index (χ3n) is 3.54. The predicted molar refractivity (Wildman–Crippen MR) is 86.4 cm³/mol. The lowest BCUT2D eigenvalue weighted by atomic mass is 10.1. The molecule has 2 aromatic rings. The maximum absolute atomic E-state index is 12.3. The molecule has 0 spiro atoms. The van der Waals surface area contributed by atoms with E-state index in [1.807, 2.05) is 0 Å². The minimum absolute atomic E-state index is 0.0639. The standard InChI is InChI=1S/C16H13N3O5/c1-9-2-4-11(7-13(9)19(22)23)17-16(21)10-3-5-14-12(6-10)18-15(20)8-24-14/h2-7H,8H2,1H3,(H,17,21)(H,18,20). The van der Waals surface area contributed by atoms with Gasteiger partial charge in [-0.3, -0.25) is 19.7 Å². The van der Waals surface area contributed by atoms with Gasteiger partial charge in [0.25, 0.3) is 17.5 Å². The summed E-state index contributed by atoms with van der Waals surface area (Å²) < 4.78 is 5.23. The molecule has 0 saturated carbocycles. The van der Waals surface area contributed by atoms with Gasteiger partial charge in [-0.15, -0.1) is 0 Å². The van der Waals surface area contributed by atoms with Gasteiger partial charge in [0.1, 0.15) is 5.75 Å². The highest BCUT2D eigenvalue weighted by Crippen LogP contribution is 2.29. The number of anilines is 2. The van der Waals surface area contributed by atoms with E-state index in [9.17, 15) is 19.7 Å². The van der Waals surface area contributed by atoms with Crippen LogP contribution < -0.4 is 15.4 Å². The van der Waals surface area contributed by atoms with Gasteiger partial charge < -0.3 is 15.4 Å². The topological polar surface area (TPSA) is 111 Å². The smallest absolute Gasteiger partial charge is 0.274 e. The lowest BCUT2D eigenvalue weighted by Gasteiger charge is -2.18. The van der Waals surface area contributed by atoms with Crippen molar-refractivity contribution in [2.75, 3.05) is 17.2 Å². The zero-order valence-corrected chi connectivity index (χ0v) is 12.7. The van der Waals surface area contributed by atoms with Gasteiger partial charge >= 0.3 is 0 Å². The highest BCUT2D eigenvalue weighted by Gasteiger charge is 2.18. The van der Waals surface area contributed by atoms with Gasteiger partial charge in [0.2, 0.25) is 0 Å². The number of benzene rings is 2. The quantitative estimate of drug-likeness (QED) is 0.664. The Kier molecular flexibility index (Phi) is 3.87. The summed E-state index contributed by atoms with van der Waals surface area (Å²) in [5.41, 5.74) is 1.46. The van der Waals surface area contributed by atoms with E-state index in [4.69, 9.17) is 4.74 Å². The lowest BCUT2D eigenvalue weighted by molar-refractivity contribution is -0.385. The van der Waals surface area contributed by atoms with E-state index in [0.717, 1.165) is 0 Å². The van der Waals surface area contributed by atoms with Crippen LogP contribution in [0.1, 0.15) is 15.9 Å². The van der Waals surface area contributed by atoms with Crippen LogP contribution in [0.4, 0.5) is 17.1 Å². The number of ether oxygens (including phenoxy) is 1. The summed E-state index contributed by atoms with van der Waals surface area (Å²) >= 11 is 0. The van der Waals surface area contributed by atoms with E-state index < -0.39 is 10.8 Å². The summed E-state index contributed by atoms with van der Waals surface area (Å²) in [6, 6.07) is 9.08. The Hall–Kier alpha value is -3.42. The molecule has 8 nitrogen and oxygen atoms in total. The Bertz CT molecular complexity index is 863. The Morgan fingerprint density at radius 1 is 1.29 bits per heavy atom. The van der Waals surface area contributed by atoms with E-state index in [1.54, 1.807) is 31.2 Å². The summed E-state index contributed by atoms with van der Waals surface area (Å²) in [7, 11) is 0. The van der Waals surface area contributed by atoms with E-state index in [2.05, 4.69) is 10.6 Å². The molecule has 0 saturated heterocycles. The van der Waals surface area contributed by atoms with Gasteiger partial charge in [0, 0.05) is 22.9 Å². The molecule has 1 aliphatic rings. The number of hydrogen-bond donors (Lipinski definition) is 2. The summed E-state index contributed by atoms with van der Waals surface area (Å²) in [4.78, 5) is 34.1. The maximum Gasteiger partial charge on any atom is 0.274 e. The zero-order chi connectivity index (χ0) is 17.3. The highest BCUT2D eigenvalue weighted by molar-refractivity contribution is 6.06. The van der Waals surface area contributed by atoms with Crippen LogP contribution >= 0.6 is 0 Å².